The number of hydrogen-bond acceptors (Lipinski definition) is 3. The van der Waals surface area contributed by atoms with Crippen LogP contribution in [0.2, 0.25) is 0 Å². The summed E-state index contributed by atoms with van der Waals surface area (Å²) in [6.45, 7) is 4.51. The van der Waals surface area contributed by atoms with Crippen LogP contribution in [0, 0.1) is 0 Å². The fourth-order valence-corrected chi connectivity index (χ4v) is 2.59. The summed E-state index contributed by atoms with van der Waals surface area (Å²) in [5.41, 5.74) is 2.16. The third-order valence-electron chi connectivity index (χ3n) is 2.88. The molecular formula is C13H17N3O2S. The van der Waals surface area contributed by atoms with E-state index >= 15 is 0 Å². The maximum Gasteiger partial charge on any atom is 0.257 e. The standard InChI is InChI=1S/C13H17N3O2S/c1-10(2)12-5-3-11(4-6-12)9-15-19(17,18)13-7-8-14-16-13/h3-8,10,15H,9H2,1-2H3,(H,14,16). The average Bonchev–Trinajstić information content (AvgIpc) is 2.91. The van der Waals surface area contributed by atoms with Crippen LogP contribution in [0.15, 0.2) is 41.6 Å². The van der Waals surface area contributed by atoms with Gasteiger partial charge in [-0.1, -0.05) is 38.1 Å². The van der Waals surface area contributed by atoms with Crippen molar-refractivity contribution in [3.05, 3.63) is 47.7 Å². The Hall–Kier alpha value is -1.66. The van der Waals surface area contributed by atoms with Gasteiger partial charge in [0.2, 0.25) is 0 Å². The summed E-state index contributed by atoms with van der Waals surface area (Å²) in [6, 6.07) is 9.33. The second-order valence-electron chi connectivity index (χ2n) is 4.64. The van der Waals surface area contributed by atoms with Crippen molar-refractivity contribution in [3.63, 3.8) is 0 Å². The Morgan fingerprint density at radius 3 is 2.42 bits per heavy atom. The first-order valence-corrected chi connectivity index (χ1v) is 7.55. The van der Waals surface area contributed by atoms with Gasteiger partial charge in [-0.05, 0) is 23.1 Å². The van der Waals surface area contributed by atoms with Crippen LogP contribution in [0.1, 0.15) is 30.9 Å². The molecule has 0 spiro atoms. The molecule has 2 N–H and O–H groups in total. The summed E-state index contributed by atoms with van der Waals surface area (Å²) >= 11 is 0. The van der Waals surface area contributed by atoms with Crippen molar-refractivity contribution in [2.75, 3.05) is 0 Å². The lowest BCUT2D eigenvalue weighted by atomic mass is 10.0. The first-order valence-electron chi connectivity index (χ1n) is 6.07. The highest BCUT2D eigenvalue weighted by atomic mass is 32.2. The first-order chi connectivity index (χ1) is 8.99. The van der Waals surface area contributed by atoms with Gasteiger partial charge >= 0.3 is 0 Å². The highest BCUT2D eigenvalue weighted by molar-refractivity contribution is 7.89. The van der Waals surface area contributed by atoms with E-state index in [9.17, 15) is 8.42 Å². The Labute approximate surface area is 113 Å². The van der Waals surface area contributed by atoms with Gasteiger partial charge in [0.15, 0.2) is 5.03 Å². The predicted octanol–water partition coefficient (Wildman–Crippen LogP) is 2.01. The number of nitrogens with zero attached hydrogens (tertiary/aromatic N) is 1. The van der Waals surface area contributed by atoms with E-state index in [1.54, 1.807) is 0 Å². The lowest BCUT2D eigenvalue weighted by molar-refractivity contribution is 0.577. The number of rotatable bonds is 5. The largest absolute Gasteiger partial charge is 0.266 e. The Morgan fingerprint density at radius 2 is 1.89 bits per heavy atom. The molecule has 2 aromatic rings. The van der Waals surface area contributed by atoms with Crippen LogP contribution in [-0.4, -0.2) is 18.6 Å². The molecule has 2 rings (SSSR count). The van der Waals surface area contributed by atoms with Crippen LogP contribution < -0.4 is 4.72 Å². The van der Waals surface area contributed by atoms with E-state index in [2.05, 4.69) is 28.8 Å². The third kappa shape index (κ3) is 3.42. The molecular weight excluding hydrogens is 262 g/mol. The van der Waals surface area contributed by atoms with E-state index in [0.717, 1.165) is 5.56 Å². The minimum absolute atomic E-state index is 0.0753. The number of benzene rings is 1. The zero-order valence-corrected chi connectivity index (χ0v) is 11.7. The predicted molar refractivity (Wildman–Crippen MR) is 73.1 cm³/mol. The fourth-order valence-electron chi connectivity index (χ4n) is 1.67. The van der Waals surface area contributed by atoms with E-state index in [0.29, 0.717) is 5.92 Å². The van der Waals surface area contributed by atoms with E-state index in [4.69, 9.17) is 0 Å². The number of aromatic nitrogens is 2. The van der Waals surface area contributed by atoms with Gasteiger partial charge in [0, 0.05) is 6.54 Å². The van der Waals surface area contributed by atoms with Crippen LogP contribution in [0.5, 0.6) is 0 Å². The van der Waals surface area contributed by atoms with Gasteiger partial charge in [-0.15, -0.1) is 0 Å². The quantitative estimate of drug-likeness (QED) is 0.879. The van der Waals surface area contributed by atoms with E-state index < -0.39 is 10.0 Å². The summed E-state index contributed by atoms with van der Waals surface area (Å²) < 4.78 is 26.2. The molecule has 102 valence electrons. The lowest BCUT2D eigenvalue weighted by Gasteiger charge is -2.08. The van der Waals surface area contributed by atoms with Gasteiger partial charge in [0.05, 0.1) is 6.20 Å². The number of hydrogen-bond donors (Lipinski definition) is 2. The second-order valence-corrected chi connectivity index (χ2v) is 6.38. The molecule has 0 saturated heterocycles. The Balaban J connectivity index is 2.03. The minimum Gasteiger partial charge on any atom is -0.266 e. The van der Waals surface area contributed by atoms with Gasteiger partial charge in [0.25, 0.3) is 10.0 Å². The SMILES string of the molecule is CC(C)c1ccc(CNS(=O)(=O)c2ccn[nH]2)cc1. The molecule has 6 heteroatoms. The molecule has 0 aliphatic heterocycles. The molecule has 0 aliphatic carbocycles. The molecule has 0 atom stereocenters. The monoisotopic (exact) mass is 279 g/mol. The Kier molecular flexibility index (Phi) is 4.01. The number of aromatic amines is 1. The molecule has 0 radical (unpaired) electrons. The maximum absolute atomic E-state index is 11.9. The third-order valence-corrected chi connectivity index (χ3v) is 4.21. The molecule has 1 heterocycles. The first kappa shape index (κ1) is 13.8. The number of H-pyrrole nitrogens is 1. The van der Waals surface area contributed by atoms with Crippen LogP contribution in [-0.2, 0) is 16.6 Å². The van der Waals surface area contributed by atoms with E-state index in [-0.39, 0.29) is 11.6 Å². The van der Waals surface area contributed by atoms with Crippen LogP contribution in [0.4, 0.5) is 0 Å². The fraction of sp³-hybridized carbons (Fsp3) is 0.308. The van der Waals surface area contributed by atoms with Gasteiger partial charge in [-0.25, -0.2) is 13.1 Å². The molecule has 0 amide bonds. The highest BCUT2D eigenvalue weighted by Crippen LogP contribution is 2.15. The van der Waals surface area contributed by atoms with Gasteiger partial charge < -0.3 is 0 Å². The number of nitrogens with one attached hydrogen (secondary N) is 2. The molecule has 0 aliphatic rings. The topological polar surface area (TPSA) is 74.8 Å². The average molecular weight is 279 g/mol. The minimum atomic E-state index is -3.51. The molecule has 0 unspecified atom stereocenters. The molecule has 0 bridgehead atoms. The summed E-state index contributed by atoms with van der Waals surface area (Å²) in [6.07, 6.45) is 1.41. The van der Waals surface area contributed by atoms with Crippen molar-refractivity contribution >= 4 is 10.0 Å². The Bertz CT molecular complexity index is 616. The zero-order chi connectivity index (χ0) is 13.9. The molecule has 1 aromatic carbocycles. The molecule has 0 fully saturated rings. The summed E-state index contributed by atoms with van der Waals surface area (Å²) in [4.78, 5) is 0. The molecule has 0 saturated carbocycles. The zero-order valence-electron chi connectivity index (χ0n) is 10.9. The van der Waals surface area contributed by atoms with Crippen molar-refractivity contribution in [3.8, 4) is 0 Å². The normalized spacial score (nSPS) is 11.9. The summed E-state index contributed by atoms with van der Waals surface area (Å²) in [5.74, 6) is 0.468. The van der Waals surface area contributed by atoms with Crippen molar-refractivity contribution in [2.24, 2.45) is 0 Å². The van der Waals surface area contributed by atoms with Crippen molar-refractivity contribution < 1.29 is 8.42 Å². The second kappa shape index (κ2) is 5.54. The number of sulfonamides is 1. The summed E-state index contributed by atoms with van der Waals surface area (Å²) in [7, 11) is -3.51. The highest BCUT2D eigenvalue weighted by Gasteiger charge is 2.14. The van der Waals surface area contributed by atoms with Crippen molar-refractivity contribution in [1.29, 1.82) is 0 Å². The maximum atomic E-state index is 11.9. The Morgan fingerprint density at radius 1 is 1.21 bits per heavy atom. The molecule has 1 aromatic heterocycles. The molecule has 19 heavy (non-hydrogen) atoms. The molecule has 5 nitrogen and oxygen atoms in total. The van der Waals surface area contributed by atoms with Gasteiger partial charge in [-0.2, -0.15) is 5.10 Å². The van der Waals surface area contributed by atoms with Crippen LogP contribution in [0.25, 0.3) is 0 Å². The van der Waals surface area contributed by atoms with Crippen molar-refractivity contribution in [1.82, 2.24) is 14.9 Å². The lowest BCUT2D eigenvalue weighted by Crippen LogP contribution is -2.23. The van der Waals surface area contributed by atoms with Crippen LogP contribution >= 0.6 is 0 Å². The van der Waals surface area contributed by atoms with E-state index in [1.807, 2.05) is 24.3 Å². The van der Waals surface area contributed by atoms with E-state index in [1.165, 1.54) is 17.8 Å². The summed E-state index contributed by atoms with van der Waals surface area (Å²) in [5, 5.41) is 6.14. The van der Waals surface area contributed by atoms with Crippen LogP contribution in [0.3, 0.4) is 0 Å². The smallest absolute Gasteiger partial charge is 0.257 e. The van der Waals surface area contributed by atoms with Gasteiger partial charge in [0.1, 0.15) is 0 Å². The van der Waals surface area contributed by atoms with Crippen molar-refractivity contribution in [2.45, 2.75) is 31.3 Å². The van der Waals surface area contributed by atoms with Gasteiger partial charge in [-0.3, -0.25) is 5.10 Å².